The molecule has 82 valence electrons. The first kappa shape index (κ1) is 11.5. The summed E-state index contributed by atoms with van der Waals surface area (Å²) in [5, 5.41) is 11.7. The van der Waals surface area contributed by atoms with Gasteiger partial charge in [0.1, 0.15) is 0 Å². The summed E-state index contributed by atoms with van der Waals surface area (Å²) in [5.74, 6) is 0.511. The van der Waals surface area contributed by atoms with E-state index in [1.54, 1.807) is 7.05 Å². The van der Waals surface area contributed by atoms with Crippen LogP contribution in [0.3, 0.4) is 0 Å². The van der Waals surface area contributed by atoms with Gasteiger partial charge in [0, 0.05) is 13.7 Å². The first-order valence-corrected chi connectivity index (χ1v) is 5.30. The average Bonchev–Trinajstić information content (AvgIpc) is 2.43. The van der Waals surface area contributed by atoms with Crippen LogP contribution in [0, 0.1) is 5.92 Å². The van der Waals surface area contributed by atoms with Crippen molar-refractivity contribution in [3.05, 3.63) is 0 Å². The monoisotopic (exact) mass is 200 g/mol. The zero-order valence-electron chi connectivity index (χ0n) is 8.83. The Morgan fingerprint density at radius 2 is 2.29 bits per heavy atom. The zero-order chi connectivity index (χ0) is 10.4. The number of carbonyl (C=O) groups is 1. The minimum atomic E-state index is 0.0763. The Hall–Kier alpha value is -0.610. The van der Waals surface area contributed by atoms with E-state index in [1.165, 1.54) is 0 Å². The molecule has 0 radical (unpaired) electrons. The van der Waals surface area contributed by atoms with Crippen molar-refractivity contribution in [3.8, 4) is 0 Å². The number of aliphatic hydroxyl groups is 1. The van der Waals surface area contributed by atoms with Gasteiger partial charge < -0.3 is 10.4 Å². The first-order valence-electron chi connectivity index (χ1n) is 5.30. The van der Waals surface area contributed by atoms with Crippen molar-refractivity contribution >= 4 is 5.91 Å². The summed E-state index contributed by atoms with van der Waals surface area (Å²) in [6.45, 7) is 2.69. The predicted molar refractivity (Wildman–Crippen MR) is 54.9 cm³/mol. The molecule has 0 saturated carbocycles. The molecule has 4 nitrogen and oxygen atoms in total. The highest BCUT2D eigenvalue weighted by molar-refractivity contribution is 5.77. The van der Waals surface area contributed by atoms with Crippen LogP contribution in [0.5, 0.6) is 0 Å². The standard InChI is InChI=1S/C10H20N2O2/c1-11-10(14)7-12-5-2-3-9(8-13)4-6-12/h9,13H,2-8H2,1H3,(H,11,14). The van der Waals surface area contributed by atoms with Crippen LogP contribution in [0.15, 0.2) is 0 Å². The molecule has 14 heavy (non-hydrogen) atoms. The number of aliphatic hydroxyl groups excluding tert-OH is 1. The zero-order valence-corrected chi connectivity index (χ0v) is 8.83. The number of likely N-dealkylation sites (N-methyl/N-ethyl adjacent to an activating group) is 1. The normalized spacial score (nSPS) is 24.3. The number of amides is 1. The maximum absolute atomic E-state index is 11.1. The van der Waals surface area contributed by atoms with E-state index < -0.39 is 0 Å². The number of nitrogens with one attached hydrogen (secondary N) is 1. The largest absolute Gasteiger partial charge is 0.396 e. The number of nitrogens with zero attached hydrogens (tertiary/aromatic N) is 1. The highest BCUT2D eigenvalue weighted by Gasteiger charge is 2.17. The molecule has 1 aliphatic heterocycles. The van der Waals surface area contributed by atoms with Gasteiger partial charge >= 0.3 is 0 Å². The van der Waals surface area contributed by atoms with Crippen LogP contribution in [0.1, 0.15) is 19.3 Å². The van der Waals surface area contributed by atoms with Crippen molar-refractivity contribution in [1.29, 1.82) is 0 Å². The summed E-state index contributed by atoms with van der Waals surface area (Å²) >= 11 is 0. The lowest BCUT2D eigenvalue weighted by Crippen LogP contribution is -2.36. The van der Waals surface area contributed by atoms with Crippen molar-refractivity contribution in [1.82, 2.24) is 10.2 Å². The third-order valence-corrected chi connectivity index (χ3v) is 2.84. The van der Waals surface area contributed by atoms with Gasteiger partial charge in [-0.15, -0.1) is 0 Å². The predicted octanol–water partition coefficient (Wildman–Crippen LogP) is -0.173. The van der Waals surface area contributed by atoms with Gasteiger partial charge in [-0.3, -0.25) is 9.69 Å². The summed E-state index contributed by atoms with van der Waals surface area (Å²) < 4.78 is 0. The third kappa shape index (κ3) is 3.64. The van der Waals surface area contributed by atoms with E-state index in [2.05, 4.69) is 10.2 Å². The first-order chi connectivity index (χ1) is 6.76. The minimum Gasteiger partial charge on any atom is -0.396 e. The Bertz CT molecular complexity index is 185. The molecule has 0 aromatic rings. The van der Waals surface area contributed by atoms with Crippen molar-refractivity contribution in [3.63, 3.8) is 0 Å². The smallest absolute Gasteiger partial charge is 0.233 e. The second-order valence-corrected chi connectivity index (χ2v) is 3.93. The molecule has 0 bridgehead atoms. The molecule has 1 heterocycles. The second-order valence-electron chi connectivity index (χ2n) is 3.93. The van der Waals surface area contributed by atoms with E-state index in [4.69, 9.17) is 5.11 Å². The molecular weight excluding hydrogens is 180 g/mol. The van der Waals surface area contributed by atoms with Crippen molar-refractivity contribution in [2.24, 2.45) is 5.92 Å². The molecule has 1 rings (SSSR count). The van der Waals surface area contributed by atoms with Gasteiger partial charge in [-0.2, -0.15) is 0 Å². The quantitative estimate of drug-likeness (QED) is 0.665. The van der Waals surface area contributed by atoms with Gasteiger partial charge in [0.05, 0.1) is 6.54 Å². The number of likely N-dealkylation sites (tertiary alicyclic amines) is 1. The van der Waals surface area contributed by atoms with Crippen LogP contribution >= 0.6 is 0 Å². The summed E-state index contributed by atoms with van der Waals surface area (Å²) in [6.07, 6.45) is 3.18. The highest BCUT2D eigenvalue weighted by atomic mass is 16.3. The van der Waals surface area contributed by atoms with E-state index >= 15 is 0 Å². The topological polar surface area (TPSA) is 52.6 Å². The Labute approximate surface area is 85.3 Å². The van der Waals surface area contributed by atoms with Crippen molar-refractivity contribution in [2.45, 2.75) is 19.3 Å². The molecule has 0 aliphatic carbocycles. The molecule has 1 unspecified atom stereocenters. The summed E-state index contributed by atoms with van der Waals surface area (Å²) in [6, 6.07) is 0. The molecule has 1 amide bonds. The summed E-state index contributed by atoms with van der Waals surface area (Å²) in [7, 11) is 1.66. The van der Waals surface area contributed by atoms with Gasteiger partial charge in [-0.25, -0.2) is 0 Å². The molecule has 1 fully saturated rings. The fourth-order valence-electron chi connectivity index (χ4n) is 1.85. The Morgan fingerprint density at radius 3 is 2.93 bits per heavy atom. The van der Waals surface area contributed by atoms with Crippen LogP contribution in [-0.4, -0.2) is 49.2 Å². The van der Waals surface area contributed by atoms with Crippen LogP contribution in [-0.2, 0) is 4.79 Å². The van der Waals surface area contributed by atoms with Crippen LogP contribution in [0.4, 0.5) is 0 Å². The van der Waals surface area contributed by atoms with Gasteiger partial charge in [0.25, 0.3) is 0 Å². The minimum absolute atomic E-state index is 0.0763. The van der Waals surface area contributed by atoms with Gasteiger partial charge in [-0.05, 0) is 38.3 Å². The molecule has 4 heteroatoms. The van der Waals surface area contributed by atoms with Crippen LogP contribution in [0.2, 0.25) is 0 Å². The van der Waals surface area contributed by atoms with Crippen molar-refractivity contribution in [2.75, 3.05) is 33.3 Å². The summed E-state index contributed by atoms with van der Waals surface area (Å²) in [5.41, 5.74) is 0. The molecule has 1 saturated heterocycles. The lowest BCUT2D eigenvalue weighted by Gasteiger charge is -2.18. The molecule has 1 aliphatic rings. The van der Waals surface area contributed by atoms with Gasteiger partial charge in [-0.1, -0.05) is 0 Å². The van der Waals surface area contributed by atoms with Crippen LogP contribution < -0.4 is 5.32 Å². The number of rotatable bonds is 3. The lowest BCUT2D eigenvalue weighted by molar-refractivity contribution is -0.121. The Balaban J connectivity index is 2.30. The average molecular weight is 200 g/mol. The fraction of sp³-hybridized carbons (Fsp3) is 0.900. The van der Waals surface area contributed by atoms with E-state index in [0.717, 1.165) is 32.4 Å². The molecular formula is C10H20N2O2. The Kier molecular flexibility index (Phi) is 4.90. The van der Waals surface area contributed by atoms with Crippen molar-refractivity contribution < 1.29 is 9.90 Å². The molecule has 0 spiro atoms. The number of hydrogen-bond acceptors (Lipinski definition) is 3. The third-order valence-electron chi connectivity index (χ3n) is 2.84. The van der Waals surface area contributed by atoms with E-state index in [9.17, 15) is 4.79 Å². The highest BCUT2D eigenvalue weighted by Crippen LogP contribution is 2.16. The van der Waals surface area contributed by atoms with Gasteiger partial charge in [0.2, 0.25) is 5.91 Å². The molecule has 2 N–H and O–H groups in total. The lowest BCUT2D eigenvalue weighted by atomic mass is 10.0. The maximum Gasteiger partial charge on any atom is 0.233 e. The molecule has 1 atom stereocenters. The molecule has 0 aromatic heterocycles. The summed E-state index contributed by atoms with van der Waals surface area (Å²) in [4.78, 5) is 13.3. The fourth-order valence-corrected chi connectivity index (χ4v) is 1.85. The number of hydrogen-bond donors (Lipinski definition) is 2. The maximum atomic E-state index is 11.1. The molecule has 0 aromatic carbocycles. The SMILES string of the molecule is CNC(=O)CN1CCCC(CO)CC1. The Morgan fingerprint density at radius 1 is 1.50 bits per heavy atom. The van der Waals surface area contributed by atoms with Crippen LogP contribution in [0.25, 0.3) is 0 Å². The second kappa shape index (κ2) is 5.98. The van der Waals surface area contributed by atoms with E-state index in [-0.39, 0.29) is 12.5 Å². The van der Waals surface area contributed by atoms with Gasteiger partial charge in [0.15, 0.2) is 0 Å². The number of carbonyl (C=O) groups excluding carboxylic acids is 1. The van der Waals surface area contributed by atoms with E-state index in [0.29, 0.717) is 12.5 Å². The van der Waals surface area contributed by atoms with E-state index in [1.807, 2.05) is 0 Å².